The van der Waals surface area contributed by atoms with Crippen molar-refractivity contribution < 1.29 is 18.9 Å². The van der Waals surface area contributed by atoms with E-state index in [0.717, 1.165) is 9.75 Å². The molecule has 2 heterocycles. The molecular formula is C12H11Cl3O4S3. The van der Waals surface area contributed by atoms with Crippen molar-refractivity contribution in [3.63, 3.8) is 0 Å². The van der Waals surface area contributed by atoms with Crippen LogP contribution in [0.1, 0.15) is 29.1 Å². The predicted octanol–water partition coefficient (Wildman–Crippen LogP) is 5.23. The first-order valence-electron chi connectivity index (χ1n) is 5.43. The van der Waals surface area contributed by atoms with E-state index < -0.39 is 15.2 Å². The third kappa shape index (κ3) is 10.3. The molecule has 0 unspecified atom stereocenters. The molecule has 0 radical (unpaired) electrons. The Morgan fingerprint density at radius 3 is 1.50 bits per heavy atom. The standard InChI is InChI=1S/C6H5ClOS.C6H6O2S.Cl2OS/c2*1-4-2-3-5(9-4)6(7)8;1-4(2)3/h2-3H,1H3;2-3H,1H3,(H,7,8);. The van der Waals surface area contributed by atoms with E-state index in [1.807, 2.05) is 19.9 Å². The van der Waals surface area contributed by atoms with Crippen LogP contribution < -0.4 is 0 Å². The van der Waals surface area contributed by atoms with Gasteiger partial charge in [0.1, 0.15) is 4.88 Å². The maximum Gasteiger partial charge on any atom is 0.345 e. The van der Waals surface area contributed by atoms with Crippen LogP contribution in [-0.2, 0) is 9.23 Å². The average molecular weight is 422 g/mol. The van der Waals surface area contributed by atoms with Crippen LogP contribution in [-0.4, -0.2) is 20.5 Å². The average Bonchev–Trinajstić information content (AvgIpc) is 2.98. The van der Waals surface area contributed by atoms with E-state index in [0.29, 0.717) is 9.75 Å². The summed E-state index contributed by atoms with van der Waals surface area (Å²) in [6, 6.07) is 7.02. The van der Waals surface area contributed by atoms with Crippen molar-refractivity contribution in [1.29, 1.82) is 0 Å². The van der Waals surface area contributed by atoms with Crippen LogP contribution in [0, 0.1) is 13.8 Å². The van der Waals surface area contributed by atoms with Gasteiger partial charge in [-0.3, -0.25) is 4.79 Å². The van der Waals surface area contributed by atoms with Crippen molar-refractivity contribution in [1.82, 2.24) is 0 Å². The largest absolute Gasteiger partial charge is 0.477 e. The quantitative estimate of drug-likeness (QED) is 0.674. The Balaban J connectivity index is 0.000000326. The van der Waals surface area contributed by atoms with Crippen LogP contribution in [0.4, 0.5) is 0 Å². The molecule has 0 aliphatic rings. The monoisotopic (exact) mass is 420 g/mol. The Kier molecular flexibility index (Phi) is 10.9. The predicted molar refractivity (Wildman–Crippen MR) is 95.1 cm³/mol. The summed E-state index contributed by atoms with van der Waals surface area (Å²) in [5.41, 5.74) is 0. The van der Waals surface area contributed by atoms with Crippen LogP contribution in [0.3, 0.4) is 0 Å². The zero-order chi connectivity index (χ0) is 17.3. The number of carbonyl (C=O) groups excluding carboxylic acids is 1. The van der Waals surface area contributed by atoms with Crippen molar-refractivity contribution in [2.75, 3.05) is 0 Å². The normalized spacial score (nSPS) is 9.36. The molecule has 0 atom stereocenters. The van der Waals surface area contributed by atoms with Gasteiger partial charge in [-0.05, 0) is 49.7 Å². The van der Waals surface area contributed by atoms with Crippen LogP contribution >= 0.6 is 55.6 Å². The molecule has 22 heavy (non-hydrogen) atoms. The summed E-state index contributed by atoms with van der Waals surface area (Å²) < 4.78 is 9.09. The molecule has 2 aromatic rings. The summed E-state index contributed by atoms with van der Waals surface area (Å²) in [6.45, 7) is 3.82. The van der Waals surface area contributed by atoms with Gasteiger partial charge in [-0.25, -0.2) is 9.00 Å². The van der Waals surface area contributed by atoms with E-state index in [-0.39, 0.29) is 5.24 Å². The molecule has 1 N–H and O–H groups in total. The highest BCUT2D eigenvalue weighted by Crippen LogP contribution is 2.16. The number of halogens is 3. The van der Waals surface area contributed by atoms with Gasteiger partial charge in [0, 0.05) is 31.1 Å². The summed E-state index contributed by atoms with van der Waals surface area (Å²) in [6.07, 6.45) is 0. The molecule has 0 aromatic carbocycles. The second-order valence-electron chi connectivity index (χ2n) is 3.58. The summed E-state index contributed by atoms with van der Waals surface area (Å²) >= 11 is 7.90. The maximum absolute atomic E-state index is 10.4. The van der Waals surface area contributed by atoms with Crippen LogP contribution in [0.15, 0.2) is 24.3 Å². The van der Waals surface area contributed by atoms with E-state index >= 15 is 0 Å². The van der Waals surface area contributed by atoms with Gasteiger partial charge in [0.15, 0.2) is 0 Å². The van der Waals surface area contributed by atoms with Gasteiger partial charge in [-0.15, -0.1) is 22.7 Å². The fraction of sp³-hybridized carbons (Fsp3) is 0.167. The Bertz CT molecular complexity index is 597. The molecular weight excluding hydrogens is 411 g/mol. The molecule has 4 nitrogen and oxygen atoms in total. The highest BCUT2D eigenvalue weighted by molar-refractivity contribution is 8.26. The summed E-state index contributed by atoms with van der Waals surface area (Å²) in [7, 11) is 7.36. The highest BCUT2D eigenvalue weighted by atomic mass is 36.0. The number of hydrogen-bond acceptors (Lipinski definition) is 5. The molecule has 2 rings (SSSR count). The number of carbonyl (C=O) groups is 2. The first kappa shape index (κ1) is 21.6. The lowest BCUT2D eigenvalue weighted by atomic mass is 10.4. The molecule has 2 aromatic heterocycles. The third-order valence-electron chi connectivity index (χ3n) is 1.89. The second kappa shape index (κ2) is 11.2. The first-order chi connectivity index (χ1) is 10.1. The first-order valence-corrected chi connectivity index (χ1v) is 10.2. The molecule has 122 valence electrons. The maximum atomic E-state index is 10.4. The molecule has 0 bridgehead atoms. The molecule has 0 aliphatic carbocycles. The third-order valence-corrected chi connectivity index (χ3v) is 4.19. The number of rotatable bonds is 2. The van der Waals surface area contributed by atoms with Crippen molar-refractivity contribution in [3.05, 3.63) is 43.8 Å². The van der Waals surface area contributed by atoms with Gasteiger partial charge >= 0.3 is 5.97 Å². The SMILES string of the molecule is Cc1ccc(C(=O)Cl)s1.Cc1ccc(C(=O)O)s1.O=S(Cl)Cl. The Morgan fingerprint density at radius 2 is 1.36 bits per heavy atom. The van der Waals surface area contributed by atoms with Crippen molar-refractivity contribution in [2.24, 2.45) is 0 Å². The lowest BCUT2D eigenvalue weighted by Gasteiger charge is -1.80. The van der Waals surface area contributed by atoms with Crippen LogP contribution in [0.2, 0.25) is 0 Å². The van der Waals surface area contributed by atoms with E-state index in [4.69, 9.17) is 20.9 Å². The number of carboxylic acid groups (broad SMARTS) is 1. The fourth-order valence-electron chi connectivity index (χ4n) is 1.09. The number of thiophene rings is 2. The van der Waals surface area contributed by atoms with Gasteiger partial charge in [0.25, 0.3) is 5.24 Å². The zero-order valence-electron chi connectivity index (χ0n) is 11.3. The number of aryl methyl sites for hydroxylation is 2. The number of aromatic carboxylic acids is 1. The van der Waals surface area contributed by atoms with E-state index in [2.05, 4.69) is 21.4 Å². The minimum absolute atomic E-state index is 0.367. The smallest absolute Gasteiger partial charge is 0.345 e. The van der Waals surface area contributed by atoms with Gasteiger partial charge in [0.05, 0.1) is 4.88 Å². The minimum Gasteiger partial charge on any atom is -0.477 e. The Labute approximate surface area is 152 Å². The summed E-state index contributed by atoms with van der Waals surface area (Å²) in [5.74, 6) is -0.840. The minimum atomic E-state index is -1.67. The lowest BCUT2D eigenvalue weighted by molar-refractivity contribution is 0.0702. The van der Waals surface area contributed by atoms with Crippen molar-refractivity contribution in [2.45, 2.75) is 13.8 Å². The Morgan fingerprint density at radius 1 is 1.00 bits per heavy atom. The molecule has 0 fully saturated rings. The second-order valence-corrected chi connectivity index (χ2v) is 9.03. The number of hydrogen-bond donors (Lipinski definition) is 1. The topological polar surface area (TPSA) is 71.4 Å². The van der Waals surface area contributed by atoms with Gasteiger partial charge < -0.3 is 5.11 Å². The molecule has 0 saturated heterocycles. The summed E-state index contributed by atoms with van der Waals surface area (Å²) in [4.78, 5) is 23.8. The Hall–Kier alpha value is -0.440. The molecule has 0 aliphatic heterocycles. The van der Waals surface area contributed by atoms with Crippen LogP contribution in [0.25, 0.3) is 0 Å². The lowest BCUT2D eigenvalue weighted by Crippen LogP contribution is -1.89. The van der Waals surface area contributed by atoms with E-state index in [9.17, 15) is 9.59 Å². The molecule has 0 spiro atoms. The van der Waals surface area contributed by atoms with Gasteiger partial charge in [-0.2, -0.15) is 0 Å². The molecule has 0 amide bonds. The van der Waals surface area contributed by atoms with Gasteiger partial charge in [0.2, 0.25) is 9.23 Å². The van der Waals surface area contributed by atoms with Gasteiger partial charge in [-0.1, -0.05) is 0 Å². The van der Waals surface area contributed by atoms with Crippen LogP contribution in [0.5, 0.6) is 0 Å². The van der Waals surface area contributed by atoms with Crippen molar-refractivity contribution in [3.8, 4) is 0 Å². The summed E-state index contributed by atoms with van der Waals surface area (Å²) in [5, 5.41) is 8.04. The fourth-order valence-corrected chi connectivity index (χ4v) is 2.67. The zero-order valence-corrected chi connectivity index (χ0v) is 16.1. The highest BCUT2D eigenvalue weighted by Gasteiger charge is 2.03. The number of carboxylic acids is 1. The van der Waals surface area contributed by atoms with E-state index in [1.165, 1.54) is 22.7 Å². The molecule has 10 heteroatoms. The molecule has 0 saturated carbocycles. The van der Waals surface area contributed by atoms with Crippen molar-refractivity contribution >= 4 is 76.1 Å². The van der Waals surface area contributed by atoms with E-state index in [1.54, 1.807) is 18.2 Å².